The number of carbonyl (C=O) groups excluding carboxylic acids is 5. The first-order valence-electron chi connectivity index (χ1n) is 26.6. The highest BCUT2D eigenvalue weighted by Crippen LogP contribution is 2.63. The van der Waals surface area contributed by atoms with Crippen molar-refractivity contribution in [1.82, 2.24) is 5.32 Å². The van der Waals surface area contributed by atoms with E-state index < -0.39 is 82.5 Å². The highest BCUT2D eigenvalue weighted by atomic mass is 16.6. The molecule has 6 rings (SSSR count). The number of unbranched alkanes of at least 4 members (excludes halogenated alkanes) is 1. The van der Waals surface area contributed by atoms with Crippen molar-refractivity contribution in [2.45, 2.75) is 182 Å². The van der Waals surface area contributed by atoms with Gasteiger partial charge in [-0.05, 0) is 82.7 Å². The standard InChI is InChI=1S/C52H71NO13.C3H6O2.2C2H6/c1-12-26-61-27-20-19-25-39(54)64-43(42(33-21-15-13-16-22-33)53-48(57)66-49(4,5)6)32(3)63-37-29-52(58)46(65-47(56)34-23-17-14-18-24-34)41-35-30-62-36(35)28-38(59-10)51(41,9)45(55)44(60-11)40(31(37)2)50(52,7)8;1-3(4)5-2;2*1-2/h13-18,21-24,35-38,41-44,46,58H,3,12,19-20,25-30H2,1-2,4-11H3,(H,53,57);1-2H3;2*1-2H3/t35-,36-,37+,38+,41?,42+,43?,44-,46+,51-,52-;;;/m1.../s1. The predicted octanol–water partition coefficient (Wildman–Crippen LogP) is 10.2. The lowest BCUT2D eigenvalue weighted by Crippen LogP contribution is -2.75. The monoisotopic (exact) mass is 1050 g/mol. The number of benzene rings is 2. The molecule has 0 aromatic heterocycles. The number of hydrogen-bond acceptors (Lipinski definition) is 15. The van der Waals surface area contributed by atoms with Gasteiger partial charge >= 0.3 is 24.0 Å². The maximum Gasteiger partial charge on any atom is 0.408 e. The summed E-state index contributed by atoms with van der Waals surface area (Å²) in [6, 6.07) is 16.5. The first kappa shape index (κ1) is 64.2. The maximum absolute atomic E-state index is 15.6. The molecular formula is C59H89NO15. The number of rotatable bonds is 18. The summed E-state index contributed by atoms with van der Waals surface area (Å²) in [4.78, 5) is 66.9. The van der Waals surface area contributed by atoms with Crippen molar-refractivity contribution in [1.29, 1.82) is 0 Å². The SMILES string of the molecule is C=C(O[C@H]1C[C@@]2(O)[C@@H](OC(=O)c3ccccc3)C3[C@@H]4CO[C@@H]4C[C@H](OC)[C@@]3(C)C(=O)[C@H](OC)C(=C1C)C2(C)C)C(OC(=O)CCCCOCCC)[C@@H](NC(=O)OC(C)(C)C)c1ccccc1.CC.CC.COC(C)=O. The Balaban J connectivity index is 0.00000153. The number of alkyl carbamates (subject to hydrolysis) is 1. The van der Waals surface area contributed by atoms with Crippen molar-refractivity contribution < 1.29 is 71.7 Å². The van der Waals surface area contributed by atoms with Crippen LogP contribution in [0.3, 0.4) is 0 Å². The van der Waals surface area contributed by atoms with Crippen molar-refractivity contribution in [3.8, 4) is 0 Å². The number of methoxy groups -OCH3 is 3. The topological polar surface area (TPSA) is 201 Å². The molecule has 2 saturated carbocycles. The average molecular weight is 1050 g/mol. The van der Waals surface area contributed by atoms with E-state index in [0.29, 0.717) is 49.2 Å². The van der Waals surface area contributed by atoms with Crippen LogP contribution in [0.4, 0.5) is 4.79 Å². The molecule has 1 aliphatic heterocycles. The van der Waals surface area contributed by atoms with E-state index in [1.807, 2.05) is 68.4 Å². The fourth-order valence-electron chi connectivity index (χ4n) is 10.7. The molecule has 75 heavy (non-hydrogen) atoms. The molecule has 4 aliphatic rings. The molecule has 0 radical (unpaired) electrons. The molecule has 16 nitrogen and oxygen atoms in total. The lowest BCUT2D eigenvalue weighted by molar-refractivity contribution is -0.279. The Morgan fingerprint density at radius 2 is 1.49 bits per heavy atom. The third-order valence-electron chi connectivity index (χ3n) is 14.6. The fourth-order valence-corrected chi connectivity index (χ4v) is 10.7. The molecule has 2 unspecified atom stereocenters. The Hall–Kier alpha value is -5.13. The van der Waals surface area contributed by atoms with Crippen LogP contribution in [0.15, 0.2) is 84.1 Å². The van der Waals surface area contributed by atoms with Gasteiger partial charge in [-0.3, -0.25) is 14.4 Å². The number of ether oxygens (including phenoxy) is 9. The molecule has 1 amide bonds. The minimum atomic E-state index is -1.93. The van der Waals surface area contributed by atoms with Crippen molar-refractivity contribution >= 4 is 29.8 Å². The molecule has 2 aromatic carbocycles. The van der Waals surface area contributed by atoms with Gasteiger partial charge in [0.15, 0.2) is 11.9 Å². The molecule has 420 valence electrons. The molecule has 2 N–H and O–H groups in total. The second-order valence-corrected chi connectivity index (χ2v) is 20.6. The van der Waals surface area contributed by atoms with Crippen molar-refractivity contribution in [2.75, 3.05) is 41.2 Å². The van der Waals surface area contributed by atoms with E-state index in [1.165, 1.54) is 21.1 Å². The Morgan fingerprint density at radius 1 is 0.893 bits per heavy atom. The Labute approximate surface area is 446 Å². The number of Topliss-reactive ketones (excluding diaryl/α,β-unsaturated/α-hetero) is 1. The number of fused-ring (bicyclic) bond motifs is 5. The molecule has 2 aromatic rings. The number of nitrogens with one attached hydrogen (secondary N) is 1. The van der Waals surface area contributed by atoms with Crippen molar-refractivity contribution in [3.05, 3.63) is 95.3 Å². The van der Waals surface area contributed by atoms with Crippen LogP contribution in [0.25, 0.3) is 0 Å². The second-order valence-electron chi connectivity index (χ2n) is 20.6. The zero-order valence-corrected chi connectivity index (χ0v) is 47.7. The van der Waals surface area contributed by atoms with Crippen LogP contribution in [0.1, 0.15) is 150 Å². The summed E-state index contributed by atoms with van der Waals surface area (Å²) in [7, 11) is 4.37. The average Bonchev–Trinajstić information content (AvgIpc) is 3.37. The summed E-state index contributed by atoms with van der Waals surface area (Å²) in [5.74, 6) is -2.88. The summed E-state index contributed by atoms with van der Waals surface area (Å²) < 4.78 is 53.6. The smallest absolute Gasteiger partial charge is 0.408 e. The number of aliphatic hydroxyl groups is 1. The minimum Gasteiger partial charge on any atom is -0.487 e. The highest BCUT2D eigenvalue weighted by molar-refractivity contribution is 5.94. The third kappa shape index (κ3) is 15.1. The van der Waals surface area contributed by atoms with Crippen LogP contribution < -0.4 is 5.32 Å². The van der Waals surface area contributed by atoms with Crippen molar-refractivity contribution in [2.24, 2.45) is 22.7 Å². The second kappa shape index (κ2) is 28.8. The molecule has 2 bridgehead atoms. The van der Waals surface area contributed by atoms with Crippen LogP contribution in [0.2, 0.25) is 0 Å². The first-order chi connectivity index (χ1) is 35.5. The summed E-state index contributed by atoms with van der Waals surface area (Å²) in [6.07, 6.45) is -4.26. The lowest BCUT2D eigenvalue weighted by Gasteiger charge is -2.65. The first-order valence-corrected chi connectivity index (χ1v) is 26.6. The Kier molecular flexibility index (Phi) is 24.7. The van der Waals surface area contributed by atoms with Gasteiger partial charge in [-0.2, -0.15) is 0 Å². The van der Waals surface area contributed by atoms with Gasteiger partial charge in [-0.15, -0.1) is 0 Å². The van der Waals surface area contributed by atoms with E-state index in [4.69, 9.17) is 37.9 Å². The fraction of sp³-hybridized carbons (Fsp3) is 0.644. The summed E-state index contributed by atoms with van der Waals surface area (Å²) in [5, 5.41) is 16.8. The largest absolute Gasteiger partial charge is 0.487 e. The Bertz CT molecular complexity index is 2210. The van der Waals surface area contributed by atoms with E-state index in [2.05, 4.69) is 16.6 Å². The quantitative estimate of drug-likeness (QED) is 0.0469. The van der Waals surface area contributed by atoms with Crippen LogP contribution in [-0.2, 0) is 57.0 Å². The van der Waals surface area contributed by atoms with Gasteiger partial charge < -0.3 is 53.1 Å². The van der Waals surface area contributed by atoms with Gasteiger partial charge in [0, 0.05) is 70.9 Å². The zero-order valence-electron chi connectivity index (χ0n) is 47.7. The van der Waals surface area contributed by atoms with E-state index in [0.717, 1.165) is 6.42 Å². The summed E-state index contributed by atoms with van der Waals surface area (Å²) in [5.41, 5.74) is -3.50. The van der Waals surface area contributed by atoms with Gasteiger partial charge in [-0.1, -0.05) is 104 Å². The normalized spacial score (nSPS) is 26.9. The summed E-state index contributed by atoms with van der Waals surface area (Å²) >= 11 is 0. The van der Waals surface area contributed by atoms with Crippen molar-refractivity contribution in [3.63, 3.8) is 0 Å². The molecule has 1 heterocycles. The molecule has 3 aliphatic carbocycles. The molecule has 0 spiro atoms. The van der Waals surface area contributed by atoms with E-state index in [1.54, 1.807) is 82.5 Å². The highest BCUT2D eigenvalue weighted by Gasteiger charge is 2.72. The van der Waals surface area contributed by atoms with Crippen LogP contribution in [0, 0.1) is 22.7 Å². The van der Waals surface area contributed by atoms with Gasteiger partial charge in [0.2, 0.25) is 0 Å². The maximum atomic E-state index is 15.6. The van der Waals surface area contributed by atoms with Gasteiger partial charge in [0.25, 0.3) is 0 Å². The number of carbonyl (C=O) groups is 5. The predicted molar refractivity (Wildman–Crippen MR) is 286 cm³/mol. The number of esters is 3. The number of amides is 1. The lowest BCUT2D eigenvalue weighted by atomic mass is 9.46. The zero-order chi connectivity index (χ0) is 56.5. The van der Waals surface area contributed by atoms with E-state index in [9.17, 15) is 24.3 Å². The van der Waals surface area contributed by atoms with E-state index in [-0.39, 0.29) is 54.5 Å². The van der Waals surface area contributed by atoms with E-state index >= 15 is 4.79 Å². The minimum absolute atomic E-state index is 0.0464. The van der Waals surface area contributed by atoms with Gasteiger partial charge in [-0.25, -0.2) is 9.59 Å². The Morgan fingerprint density at radius 3 is 2.01 bits per heavy atom. The number of hydrogen-bond donors (Lipinski definition) is 2. The van der Waals surface area contributed by atoms with Crippen LogP contribution in [0.5, 0.6) is 0 Å². The van der Waals surface area contributed by atoms with Gasteiger partial charge in [0.1, 0.15) is 41.3 Å². The molecular weight excluding hydrogens is 963 g/mol. The van der Waals surface area contributed by atoms with Crippen LogP contribution in [-0.4, -0.2) is 124 Å². The van der Waals surface area contributed by atoms with Crippen LogP contribution >= 0.6 is 0 Å². The summed E-state index contributed by atoms with van der Waals surface area (Å²) in [6.45, 7) is 29.7. The molecule has 11 atom stereocenters. The van der Waals surface area contributed by atoms with Gasteiger partial charge in [0.05, 0.1) is 36.9 Å². The molecule has 1 saturated heterocycles. The molecule has 16 heteroatoms. The molecule has 3 fully saturated rings. The third-order valence-corrected chi connectivity index (χ3v) is 14.6. The number of ketones is 1.